The van der Waals surface area contributed by atoms with E-state index in [2.05, 4.69) is 0 Å². The minimum atomic E-state index is -3.47. The molecule has 2 aromatic carbocycles. The lowest BCUT2D eigenvalue weighted by atomic mass is 10.0. The average molecular weight is 386 g/mol. The number of sulfonamides is 1. The van der Waals surface area contributed by atoms with Gasteiger partial charge in [-0.25, -0.2) is 0 Å². The van der Waals surface area contributed by atoms with Crippen LogP contribution in [0, 0.1) is 0 Å². The third-order valence-corrected chi connectivity index (χ3v) is 7.13. The summed E-state index contributed by atoms with van der Waals surface area (Å²) in [6.45, 7) is 2.25. The van der Waals surface area contributed by atoms with Crippen LogP contribution in [-0.2, 0) is 10.0 Å². The Hall–Kier alpha value is -2.25. The molecule has 0 saturated heterocycles. The van der Waals surface area contributed by atoms with E-state index >= 15 is 0 Å². The fraction of sp³-hybridized carbons (Fsp3) is 0.238. The van der Waals surface area contributed by atoms with Crippen LogP contribution in [0.15, 0.2) is 78.5 Å². The van der Waals surface area contributed by atoms with Gasteiger partial charge in [0.25, 0.3) is 0 Å². The first kappa shape index (κ1) is 19.5. The highest BCUT2D eigenvalue weighted by Gasteiger charge is 2.42. The van der Waals surface area contributed by atoms with Crippen molar-refractivity contribution in [2.24, 2.45) is 5.73 Å². The molecule has 1 aliphatic heterocycles. The monoisotopic (exact) mass is 385 g/mol. The quantitative estimate of drug-likeness (QED) is 0.750. The van der Waals surface area contributed by atoms with E-state index in [1.165, 1.54) is 0 Å². The maximum Gasteiger partial charge on any atom is 0.306 e. The molecule has 0 amide bonds. The molecule has 6 heteroatoms. The molecule has 2 atom stereocenters. The molecule has 27 heavy (non-hydrogen) atoms. The number of hydrogen-bond donors (Lipinski definition) is 2. The molecule has 0 fully saturated rings. The first-order valence-electron chi connectivity index (χ1n) is 8.96. The number of benzene rings is 2. The van der Waals surface area contributed by atoms with Gasteiger partial charge in [0.1, 0.15) is 18.8 Å². The number of aliphatic hydroxyl groups excluding tert-OH is 1. The maximum absolute atomic E-state index is 13.0. The van der Waals surface area contributed by atoms with Crippen LogP contribution in [-0.4, -0.2) is 32.4 Å². The van der Waals surface area contributed by atoms with Gasteiger partial charge in [-0.15, -0.1) is 0 Å². The van der Waals surface area contributed by atoms with Gasteiger partial charge in [-0.3, -0.25) is 0 Å². The van der Waals surface area contributed by atoms with Crippen LogP contribution in [0.2, 0.25) is 0 Å². The van der Waals surface area contributed by atoms with Crippen molar-refractivity contribution in [2.75, 3.05) is 18.8 Å². The third kappa shape index (κ3) is 3.61. The highest BCUT2D eigenvalue weighted by Crippen LogP contribution is 2.34. The number of quaternary nitrogens is 1. The van der Waals surface area contributed by atoms with Crippen LogP contribution in [0.25, 0.3) is 0 Å². The van der Waals surface area contributed by atoms with Crippen molar-refractivity contribution in [1.29, 1.82) is 0 Å². The summed E-state index contributed by atoms with van der Waals surface area (Å²) in [5.41, 5.74) is 8.69. The summed E-state index contributed by atoms with van der Waals surface area (Å²) in [5, 5.41) is 10.6. The van der Waals surface area contributed by atoms with E-state index in [0.29, 0.717) is 17.8 Å². The standard InChI is InChI=1S/C21H25N2O3S/c1-2-27(25,26)23(14-6-7-17(15-22)16-23)20-12-10-19(11-13-20)21(24)18-8-4-3-5-9-18/h3-13,16,21,24H,2,14-15,22H2,1H3/q+1. The Bertz CT molecular complexity index is 951. The molecule has 3 N–H and O–H groups in total. The third-order valence-electron chi connectivity index (χ3n) is 4.94. The average Bonchev–Trinajstić information content (AvgIpc) is 2.73. The second-order valence-corrected chi connectivity index (χ2v) is 8.96. The molecule has 1 heterocycles. The summed E-state index contributed by atoms with van der Waals surface area (Å²) in [5.74, 6) is 0.0174. The zero-order valence-electron chi connectivity index (χ0n) is 15.3. The predicted molar refractivity (Wildman–Crippen MR) is 109 cm³/mol. The lowest BCUT2D eigenvalue weighted by Gasteiger charge is -2.34. The molecule has 142 valence electrons. The number of nitrogens with zero attached hydrogens (tertiary/aromatic N) is 1. The second kappa shape index (κ2) is 7.78. The summed E-state index contributed by atoms with van der Waals surface area (Å²) in [6, 6.07) is 16.5. The van der Waals surface area contributed by atoms with Crippen molar-refractivity contribution in [3.05, 3.63) is 89.6 Å². The van der Waals surface area contributed by atoms with Crippen LogP contribution >= 0.6 is 0 Å². The van der Waals surface area contributed by atoms with Gasteiger partial charge in [0.15, 0.2) is 5.69 Å². The van der Waals surface area contributed by atoms with E-state index < -0.39 is 16.1 Å². The van der Waals surface area contributed by atoms with Gasteiger partial charge >= 0.3 is 10.0 Å². The summed E-state index contributed by atoms with van der Waals surface area (Å²) in [7, 11) is -3.47. The van der Waals surface area contributed by atoms with Gasteiger partial charge in [0.05, 0.1) is 5.75 Å². The summed E-state index contributed by atoms with van der Waals surface area (Å²) in [4.78, 5) is 0. The molecular formula is C21H25N2O3S+. The molecule has 1 aliphatic rings. The largest absolute Gasteiger partial charge is 0.384 e. The van der Waals surface area contributed by atoms with Crippen LogP contribution in [0.3, 0.4) is 0 Å². The second-order valence-electron chi connectivity index (χ2n) is 6.56. The van der Waals surface area contributed by atoms with Gasteiger partial charge in [0, 0.05) is 24.3 Å². The van der Waals surface area contributed by atoms with Gasteiger partial charge in [-0.05, 0) is 24.1 Å². The summed E-state index contributed by atoms with van der Waals surface area (Å²) < 4.78 is 25.7. The van der Waals surface area contributed by atoms with E-state index in [0.717, 1.165) is 11.1 Å². The molecule has 5 nitrogen and oxygen atoms in total. The lowest BCUT2D eigenvalue weighted by molar-refractivity contribution is 0.220. The van der Waals surface area contributed by atoms with Gasteiger partial charge < -0.3 is 10.8 Å². The van der Waals surface area contributed by atoms with E-state index in [-0.39, 0.29) is 16.2 Å². The normalized spacial score (nSPS) is 20.9. The van der Waals surface area contributed by atoms with Crippen molar-refractivity contribution in [2.45, 2.75) is 13.0 Å². The Morgan fingerprint density at radius 2 is 1.70 bits per heavy atom. The Kier molecular flexibility index (Phi) is 5.62. The Morgan fingerprint density at radius 1 is 1.07 bits per heavy atom. The van der Waals surface area contributed by atoms with Crippen LogP contribution in [0.1, 0.15) is 24.2 Å². The highest BCUT2D eigenvalue weighted by molar-refractivity contribution is 7.91. The van der Waals surface area contributed by atoms with Crippen molar-refractivity contribution in [3.8, 4) is 0 Å². The van der Waals surface area contributed by atoms with Crippen molar-refractivity contribution in [3.63, 3.8) is 0 Å². The minimum Gasteiger partial charge on any atom is -0.384 e. The first-order chi connectivity index (χ1) is 12.9. The predicted octanol–water partition coefficient (Wildman–Crippen LogP) is 2.84. The van der Waals surface area contributed by atoms with Gasteiger partial charge in [0.2, 0.25) is 0 Å². The zero-order valence-corrected chi connectivity index (χ0v) is 16.1. The molecule has 0 radical (unpaired) electrons. The Morgan fingerprint density at radius 3 is 2.30 bits per heavy atom. The first-order valence-corrected chi connectivity index (χ1v) is 10.6. The number of nitrogens with two attached hydrogens (primary N) is 1. The highest BCUT2D eigenvalue weighted by atomic mass is 32.2. The molecule has 2 unspecified atom stereocenters. The number of aliphatic hydroxyl groups is 1. The fourth-order valence-electron chi connectivity index (χ4n) is 3.35. The maximum atomic E-state index is 13.0. The number of hydrogen-bond acceptors (Lipinski definition) is 4. The van der Waals surface area contributed by atoms with Crippen molar-refractivity contribution >= 4 is 15.7 Å². The van der Waals surface area contributed by atoms with E-state index in [4.69, 9.17) is 5.73 Å². The molecule has 0 bridgehead atoms. The topological polar surface area (TPSA) is 80.4 Å². The van der Waals surface area contributed by atoms with E-state index in [1.807, 2.05) is 42.5 Å². The summed E-state index contributed by atoms with van der Waals surface area (Å²) >= 11 is 0. The van der Waals surface area contributed by atoms with Gasteiger partial charge in [-0.1, -0.05) is 48.5 Å². The molecule has 0 spiro atoms. The fourth-order valence-corrected chi connectivity index (χ4v) is 4.86. The van der Waals surface area contributed by atoms with E-state index in [9.17, 15) is 13.5 Å². The molecule has 0 aromatic heterocycles. The lowest BCUT2D eigenvalue weighted by Crippen LogP contribution is -2.51. The number of rotatable bonds is 6. The van der Waals surface area contributed by atoms with Crippen molar-refractivity contribution in [1.82, 2.24) is 3.89 Å². The molecule has 3 rings (SSSR count). The zero-order chi connectivity index (χ0) is 19.5. The van der Waals surface area contributed by atoms with Crippen LogP contribution < -0.4 is 9.62 Å². The molecule has 0 saturated carbocycles. The minimum absolute atomic E-state index is 0.0174. The smallest absolute Gasteiger partial charge is 0.306 e. The Labute approximate surface area is 160 Å². The van der Waals surface area contributed by atoms with Gasteiger partial charge in [-0.2, -0.15) is 12.3 Å². The molecule has 0 aliphatic carbocycles. The molecular weight excluding hydrogens is 360 g/mol. The Balaban J connectivity index is 2.03. The molecule has 2 aromatic rings. The van der Waals surface area contributed by atoms with Crippen LogP contribution in [0.4, 0.5) is 5.69 Å². The summed E-state index contributed by atoms with van der Waals surface area (Å²) in [6.07, 6.45) is 4.69. The van der Waals surface area contributed by atoms with Crippen molar-refractivity contribution < 1.29 is 13.5 Å². The van der Waals surface area contributed by atoms with E-state index in [1.54, 1.807) is 37.4 Å². The SMILES string of the molecule is CCS(=O)(=O)[N+]1(c2ccc(C(O)c3ccccc3)cc2)C=C(CN)C=CC1. The van der Waals surface area contributed by atoms with Crippen LogP contribution in [0.5, 0.6) is 0 Å².